The third-order valence-electron chi connectivity index (χ3n) is 5.63. The van der Waals surface area contributed by atoms with Gasteiger partial charge in [0.15, 0.2) is 5.69 Å². The Hall–Kier alpha value is -3.59. The molecule has 4 rings (SSSR count). The number of carbonyl (C=O) groups is 2. The highest BCUT2D eigenvalue weighted by molar-refractivity contribution is 7.13. The van der Waals surface area contributed by atoms with E-state index in [-0.39, 0.29) is 23.3 Å². The highest BCUT2D eigenvalue weighted by Crippen LogP contribution is 2.41. The van der Waals surface area contributed by atoms with E-state index >= 15 is 0 Å². The Morgan fingerprint density at radius 1 is 1.35 bits per heavy atom. The number of halogens is 1. The van der Waals surface area contributed by atoms with E-state index in [1.807, 2.05) is 0 Å². The fraction of sp³-hybridized carbons (Fsp3) is 0.304. The minimum Gasteiger partial charge on any atom is -0.431 e. The van der Waals surface area contributed by atoms with Crippen molar-refractivity contribution >= 4 is 23.2 Å². The van der Waals surface area contributed by atoms with Crippen molar-refractivity contribution in [3.8, 4) is 34.2 Å². The summed E-state index contributed by atoms with van der Waals surface area (Å²) in [7, 11) is 0. The second-order valence-corrected chi connectivity index (χ2v) is 8.57. The summed E-state index contributed by atoms with van der Waals surface area (Å²) in [5.74, 6) is 0.749. The number of amides is 1. The molecule has 0 radical (unpaired) electrons. The predicted molar refractivity (Wildman–Crippen MR) is 123 cm³/mol. The second-order valence-electron chi connectivity index (χ2n) is 7.71. The quantitative estimate of drug-likeness (QED) is 0.278. The molecule has 3 heterocycles. The Kier molecular flexibility index (Phi) is 7.02. The number of aromatic nitrogens is 3. The summed E-state index contributed by atoms with van der Waals surface area (Å²) in [4.78, 5) is 30.2. The van der Waals surface area contributed by atoms with Gasteiger partial charge in [-0.15, -0.1) is 17.8 Å². The first-order valence-electron chi connectivity index (χ1n) is 10.5. The average molecular weight is 484 g/mol. The number of nitrogens with zero attached hydrogens (tertiary/aromatic N) is 3. The molecule has 2 aromatic heterocycles. The summed E-state index contributed by atoms with van der Waals surface area (Å²) in [6.07, 6.45) is 5.30. The number of nitrogens with one attached hydrogen (secondary N) is 1. The van der Waals surface area contributed by atoms with Crippen LogP contribution in [0.5, 0.6) is 0 Å². The van der Waals surface area contributed by atoms with Crippen molar-refractivity contribution in [2.45, 2.75) is 25.0 Å². The van der Waals surface area contributed by atoms with Crippen molar-refractivity contribution in [3.05, 3.63) is 46.9 Å². The van der Waals surface area contributed by atoms with E-state index in [9.17, 15) is 14.0 Å². The average Bonchev–Trinajstić information content (AvgIpc) is 3.51. The lowest BCUT2D eigenvalue weighted by atomic mass is 9.90. The van der Waals surface area contributed by atoms with Gasteiger partial charge in [0.1, 0.15) is 23.1 Å². The van der Waals surface area contributed by atoms with Gasteiger partial charge in [0.2, 0.25) is 12.1 Å². The standard InChI is InChI=1S/C23H22FN5O4S/c1-2-17(25)33-23(32)16-12-34-22(26-16)19-20(13-3-5-15(24)6-4-13)27-28-21(19)14-7-9-29(10-8-14)18(31)11-30/h1,3-6,12,14,17,30H,7-11,25H2,(H,27,28). The molecule has 1 unspecified atom stereocenters. The number of hydrogen-bond acceptors (Lipinski definition) is 8. The summed E-state index contributed by atoms with van der Waals surface area (Å²) in [6.45, 7) is 0.470. The molecule has 9 nitrogen and oxygen atoms in total. The molecule has 0 bridgehead atoms. The molecule has 34 heavy (non-hydrogen) atoms. The molecule has 1 saturated heterocycles. The Balaban J connectivity index is 1.69. The van der Waals surface area contributed by atoms with Gasteiger partial charge in [-0.1, -0.05) is 0 Å². The Morgan fingerprint density at radius 2 is 2.06 bits per heavy atom. The van der Waals surface area contributed by atoms with Gasteiger partial charge in [-0.25, -0.2) is 14.2 Å². The number of aromatic amines is 1. The first-order valence-corrected chi connectivity index (χ1v) is 11.4. The van der Waals surface area contributed by atoms with Gasteiger partial charge in [0.05, 0.1) is 5.56 Å². The SMILES string of the molecule is C#CC(N)OC(=O)c1csc(-c2c(-c3ccc(F)cc3)n[nH]c2C2CCN(C(=O)CO)CC2)n1. The number of aliphatic hydroxyl groups excluding tert-OH is 1. The van der Waals surface area contributed by atoms with Crippen LogP contribution in [-0.2, 0) is 9.53 Å². The van der Waals surface area contributed by atoms with Crippen LogP contribution in [-0.4, -0.2) is 63.0 Å². The van der Waals surface area contributed by atoms with Gasteiger partial charge in [-0.3, -0.25) is 15.6 Å². The molecule has 3 aromatic rings. The maximum atomic E-state index is 13.5. The van der Waals surface area contributed by atoms with Crippen LogP contribution in [0.25, 0.3) is 21.8 Å². The Labute approximate surface area is 198 Å². The first kappa shape index (κ1) is 23.6. The molecule has 1 atom stereocenters. The van der Waals surface area contributed by atoms with Gasteiger partial charge in [0.25, 0.3) is 0 Å². The lowest BCUT2D eigenvalue weighted by molar-refractivity contribution is -0.135. The van der Waals surface area contributed by atoms with Crippen molar-refractivity contribution < 1.29 is 23.8 Å². The number of thiazole rings is 1. The van der Waals surface area contributed by atoms with E-state index in [2.05, 4.69) is 21.1 Å². The van der Waals surface area contributed by atoms with E-state index in [1.165, 1.54) is 23.5 Å². The largest absolute Gasteiger partial charge is 0.431 e. The number of aliphatic hydroxyl groups is 1. The molecule has 176 valence electrons. The van der Waals surface area contributed by atoms with Gasteiger partial charge in [-0.05, 0) is 43.0 Å². The van der Waals surface area contributed by atoms with Crippen LogP contribution in [0.4, 0.5) is 4.39 Å². The number of nitrogens with two attached hydrogens (primary N) is 1. The zero-order valence-corrected chi connectivity index (χ0v) is 18.8. The van der Waals surface area contributed by atoms with E-state index in [0.29, 0.717) is 47.8 Å². The van der Waals surface area contributed by atoms with Gasteiger partial charge in [0, 0.05) is 35.6 Å². The molecular weight excluding hydrogens is 461 g/mol. The van der Waals surface area contributed by atoms with E-state index in [1.54, 1.807) is 22.4 Å². The number of piperidine rings is 1. The third-order valence-corrected chi connectivity index (χ3v) is 6.49. The Bertz CT molecular complexity index is 1220. The fourth-order valence-electron chi connectivity index (χ4n) is 3.89. The lowest BCUT2D eigenvalue weighted by Crippen LogP contribution is -2.39. The summed E-state index contributed by atoms with van der Waals surface area (Å²) < 4.78 is 18.5. The normalized spacial score (nSPS) is 15.1. The molecule has 1 aromatic carbocycles. The van der Waals surface area contributed by atoms with Crippen LogP contribution in [0.1, 0.15) is 34.9 Å². The van der Waals surface area contributed by atoms with Crippen molar-refractivity contribution in [1.29, 1.82) is 0 Å². The summed E-state index contributed by atoms with van der Waals surface area (Å²) in [5, 5.41) is 18.8. The first-order chi connectivity index (χ1) is 16.4. The number of rotatable bonds is 6. The molecule has 1 amide bonds. The van der Waals surface area contributed by atoms with Crippen LogP contribution in [0.15, 0.2) is 29.6 Å². The van der Waals surface area contributed by atoms with Crippen LogP contribution in [0, 0.1) is 18.2 Å². The maximum absolute atomic E-state index is 13.5. The molecule has 1 aliphatic heterocycles. The van der Waals surface area contributed by atoms with Crippen LogP contribution in [0.3, 0.4) is 0 Å². The summed E-state index contributed by atoms with van der Waals surface area (Å²) in [5.41, 5.74) is 8.31. The summed E-state index contributed by atoms with van der Waals surface area (Å²) >= 11 is 1.23. The molecule has 0 spiro atoms. The molecule has 11 heteroatoms. The van der Waals surface area contributed by atoms with E-state index in [0.717, 1.165) is 5.69 Å². The minimum absolute atomic E-state index is 0.0357. The number of likely N-dealkylation sites (tertiary alicyclic amines) is 1. The van der Waals surface area contributed by atoms with Crippen LogP contribution in [0.2, 0.25) is 0 Å². The van der Waals surface area contributed by atoms with Crippen molar-refractivity contribution in [1.82, 2.24) is 20.1 Å². The highest BCUT2D eigenvalue weighted by Gasteiger charge is 2.30. The summed E-state index contributed by atoms with van der Waals surface area (Å²) in [6, 6.07) is 5.93. The second kappa shape index (κ2) is 10.1. The smallest absolute Gasteiger partial charge is 0.360 e. The van der Waals surface area contributed by atoms with Gasteiger partial charge < -0.3 is 14.7 Å². The molecule has 1 aliphatic rings. The minimum atomic E-state index is -1.18. The number of hydrogen-bond donors (Lipinski definition) is 3. The van der Waals surface area contributed by atoms with E-state index < -0.39 is 18.8 Å². The molecule has 4 N–H and O–H groups in total. The highest BCUT2D eigenvalue weighted by atomic mass is 32.1. The number of ether oxygens (including phenoxy) is 1. The lowest BCUT2D eigenvalue weighted by Gasteiger charge is -2.31. The maximum Gasteiger partial charge on any atom is 0.360 e. The number of esters is 1. The third kappa shape index (κ3) is 4.84. The zero-order chi connectivity index (χ0) is 24.2. The molecular formula is C23H22FN5O4S. The number of terminal acetylenes is 1. The van der Waals surface area contributed by atoms with Crippen molar-refractivity contribution in [2.75, 3.05) is 19.7 Å². The molecule has 0 aliphatic carbocycles. The van der Waals surface area contributed by atoms with Crippen LogP contribution >= 0.6 is 11.3 Å². The number of H-pyrrole nitrogens is 1. The van der Waals surface area contributed by atoms with Crippen LogP contribution < -0.4 is 5.73 Å². The van der Waals surface area contributed by atoms with Crippen molar-refractivity contribution in [2.24, 2.45) is 5.73 Å². The van der Waals surface area contributed by atoms with Crippen molar-refractivity contribution in [3.63, 3.8) is 0 Å². The number of benzene rings is 1. The monoisotopic (exact) mass is 483 g/mol. The fourth-order valence-corrected chi connectivity index (χ4v) is 4.74. The molecule has 1 fully saturated rings. The zero-order valence-electron chi connectivity index (χ0n) is 18.0. The Morgan fingerprint density at radius 3 is 2.71 bits per heavy atom. The van der Waals surface area contributed by atoms with E-state index in [4.69, 9.17) is 22.0 Å². The number of carbonyl (C=O) groups excluding carboxylic acids is 2. The topological polar surface area (TPSA) is 134 Å². The van der Waals surface area contributed by atoms with Gasteiger partial charge in [-0.2, -0.15) is 5.10 Å². The van der Waals surface area contributed by atoms with Gasteiger partial charge >= 0.3 is 5.97 Å². The predicted octanol–water partition coefficient (Wildman–Crippen LogP) is 2.11. The molecule has 0 saturated carbocycles.